The third-order valence-corrected chi connectivity index (χ3v) is 3.95. The molecule has 7 nitrogen and oxygen atoms in total. The van der Waals surface area contributed by atoms with Gasteiger partial charge in [0, 0.05) is 11.9 Å². The van der Waals surface area contributed by atoms with Gasteiger partial charge in [-0.1, -0.05) is 30.3 Å². The van der Waals surface area contributed by atoms with Gasteiger partial charge in [0.2, 0.25) is 5.91 Å². The number of rotatable bonds is 4. The number of hydrogen-bond donors (Lipinski definition) is 2. The Hall–Kier alpha value is -3.55. The number of benzene rings is 2. The van der Waals surface area contributed by atoms with E-state index in [-0.39, 0.29) is 17.7 Å². The van der Waals surface area contributed by atoms with Crippen LogP contribution in [0.25, 0.3) is 10.8 Å². The Balaban J connectivity index is 1.77. The van der Waals surface area contributed by atoms with E-state index in [2.05, 4.69) is 16.0 Å². The molecule has 3 rings (SSSR count). The molecular weight excluding hydrogens is 351 g/mol. The lowest BCUT2D eigenvalue weighted by Crippen LogP contribution is -2.43. The fraction of sp³-hybridized carbons (Fsp3) is 0.158. The average Bonchev–Trinajstić information content (AvgIpc) is 2.67. The summed E-state index contributed by atoms with van der Waals surface area (Å²) in [4.78, 5) is 36.8. The van der Waals surface area contributed by atoms with Crippen LogP contribution in [0.15, 0.2) is 53.3 Å². The Labute approximate surface area is 153 Å². The third kappa shape index (κ3) is 4.00. The minimum Gasteiger partial charge on any atom is -0.273 e. The van der Waals surface area contributed by atoms with Crippen LogP contribution in [-0.2, 0) is 17.8 Å². The smallest absolute Gasteiger partial charge is 0.273 e. The molecule has 0 saturated carbocycles. The Morgan fingerprint density at radius 3 is 2.52 bits per heavy atom. The molecule has 0 atom stereocenters. The van der Waals surface area contributed by atoms with Crippen LogP contribution >= 0.6 is 0 Å². The van der Waals surface area contributed by atoms with Gasteiger partial charge >= 0.3 is 0 Å². The lowest BCUT2D eigenvalue weighted by Gasteiger charge is -2.11. The van der Waals surface area contributed by atoms with E-state index in [1.54, 1.807) is 37.3 Å². The number of hydrazine groups is 1. The third-order valence-electron chi connectivity index (χ3n) is 3.95. The van der Waals surface area contributed by atoms with Crippen LogP contribution in [0, 0.1) is 5.82 Å². The van der Waals surface area contributed by atoms with Gasteiger partial charge in [-0.3, -0.25) is 25.2 Å². The quantitative estimate of drug-likeness (QED) is 0.684. The summed E-state index contributed by atoms with van der Waals surface area (Å²) in [7, 11) is 0. The number of aromatic nitrogens is 2. The zero-order valence-electron chi connectivity index (χ0n) is 14.5. The molecule has 138 valence electrons. The summed E-state index contributed by atoms with van der Waals surface area (Å²) < 4.78 is 14.4. The number of halogens is 1. The molecule has 0 radical (unpaired) electrons. The average molecular weight is 368 g/mol. The fourth-order valence-electron chi connectivity index (χ4n) is 2.68. The van der Waals surface area contributed by atoms with Crippen molar-refractivity contribution in [3.63, 3.8) is 0 Å². The van der Waals surface area contributed by atoms with Gasteiger partial charge in [0.15, 0.2) is 5.69 Å². The standard InChI is InChI=1S/C19H17FN4O3/c1-2-24-19(27)15-9-4-3-8-14(15)17(23-24)18(26)22-21-16(25)11-12-6-5-7-13(20)10-12/h3-10H,2,11H2,1H3,(H,21,25)(H,22,26). The molecule has 0 spiro atoms. The van der Waals surface area contributed by atoms with Crippen molar-refractivity contribution >= 4 is 22.6 Å². The van der Waals surface area contributed by atoms with Crippen LogP contribution < -0.4 is 16.4 Å². The van der Waals surface area contributed by atoms with Gasteiger partial charge in [-0.15, -0.1) is 0 Å². The number of carbonyl (C=O) groups excluding carboxylic acids is 2. The molecule has 2 aromatic carbocycles. The molecule has 2 amide bonds. The molecule has 3 aromatic rings. The first-order chi connectivity index (χ1) is 13.0. The molecule has 8 heteroatoms. The van der Waals surface area contributed by atoms with Crippen molar-refractivity contribution in [2.75, 3.05) is 0 Å². The van der Waals surface area contributed by atoms with E-state index in [4.69, 9.17) is 0 Å². The van der Waals surface area contributed by atoms with Crippen LogP contribution in [0.4, 0.5) is 4.39 Å². The molecule has 0 unspecified atom stereocenters. The summed E-state index contributed by atoms with van der Waals surface area (Å²) in [5, 5.41) is 4.84. The second kappa shape index (κ2) is 7.77. The molecule has 2 N–H and O–H groups in total. The normalized spacial score (nSPS) is 10.6. The Morgan fingerprint density at radius 2 is 1.81 bits per heavy atom. The Morgan fingerprint density at radius 1 is 1.07 bits per heavy atom. The summed E-state index contributed by atoms with van der Waals surface area (Å²) in [6.07, 6.45) is -0.0966. The molecule has 0 saturated heterocycles. The van der Waals surface area contributed by atoms with Crippen molar-refractivity contribution in [3.05, 3.63) is 76.0 Å². The summed E-state index contributed by atoms with van der Waals surface area (Å²) in [5.41, 5.74) is 4.77. The largest absolute Gasteiger partial charge is 0.290 e. The zero-order chi connectivity index (χ0) is 19.4. The summed E-state index contributed by atoms with van der Waals surface area (Å²) in [6.45, 7) is 2.04. The molecular formula is C19H17FN4O3. The Kier molecular flexibility index (Phi) is 5.25. The number of carbonyl (C=O) groups is 2. The lowest BCUT2D eigenvalue weighted by atomic mass is 10.1. The van der Waals surface area contributed by atoms with Gasteiger partial charge in [0.25, 0.3) is 11.5 Å². The maximum Gasteiger partial charge on any atom is 0.290 e. The number of aryl methyl sites for hydroxylation is 1. The van der Waals surface area contributed by atoms with E-state index >= 15 is 0 Å². The van der Waals surface area contributed by atoms with Crippen LogP contribution in [-0.4, -0.2) is 21.6 Å². The van der Waals surface area contributed by atoms with Crippen molar-refractivity contribution in [1.29, 1.82) is 0 Å². The predicted octanol–water partition coefficient (Wildman–Crippen LogP) is 1.56. The van der Waals surface area contributed by atoms with E-state index in [0.717, 1.165) is 0 Å². The summed E-state index contributed by atoms with van der Waals surface area (Å²) >= 11 is 0. The van der Waals surface area contributed by atoms with Crippen molar-refractivity contribution in [3.8, 4) is 0 Å². The van der Waals surface area contributed by atoms with Gasteiger partial charge in [-0.2, -0.15) is 5.10 Å². The fourth-order valence-corrected chi connectivity index (χ4v) is 2.68. The van der Waals surface area contributed by atoms with Gasteiger partial charge in [0.1, 0.15) is 5.82 Å². The van der Waals surface area contributed by atoms with Crippen molar-refractivity contribution in [2.45, 2.75) is 19.9 Å². The molecule has 1 heterocycles. The van der Waals surface area contributed by atoms with E-state index in [0.29, 0.717) is 22.9 Å². The van der Waals surface area contributed by atoms with E-state index in [9.17, 15) is 18.8 Å². The summed E-state index contributed by atoms with van der Waals surface area (Å²) in [5.74, 6) is -1.61. The second-order valence-corrected chi connectivity index (χ2v) is 5.82. The van der Waals surface area contributed by atoms with Crippen molar-refractivity contribution in [1.82, 2.24) is 20.6 Å². The van der Waals surface area contributed by atoms with Crippen LogP contribution in [0.5, 0.6) is 0 Å². The second-order valence-electron chi connectivity index (χ2n) is 5.82. The highest BCUT2D eigenvalue weighted by atomic mass is 19.1. The predicted molar refractivity (Wildman–Crippen MR) is 97.4 cm³/mol. The molecule has 0 aliphatic rings. The van der Waals surface area contributed by atoms with Gasteiger partial charge in [-0.25, -0.2) is 9.07 Å². The van der Waals surface area contributed by atoms with E-state index in [1.807, 2.05) is 0 Å². The maximum absolute atomic E-state index is 13.2. The monoisotopic (exact) mass is 368 g/mol. The minimum absolute atomic E-state index is 0.0260. The highest BCUT2D eigenvalue weighted by molar-refractivity contribution is 6.05. The molecule has 0 aliphatic carbocycles. The molecule has 27 heavy (non-hydrogen) atoms. The highest BCUT2D eigenvalue weighted by Crippen LogP contribution is 2.13. The number of amides is 2. The van der Waals surface area contributed by atoms with Crippen molar-refractivity contribution < 1.29 is 14.0 Å². The molecule has 0 aliphatic heterocycles. The molecule has 0 bridgehead atoms. The van der Waals surface area contributed by atoms with Gasteiger partial charge in [-0.05, 0) is 30.7 Å². The number of hydrogen-bond acceptors (Lipinski definition) is 4. The first-order valence-electron chi connectivity index (χ1n) is 8.33. The number of nitrogens with one attached hydrogen (secondary N) is 2. The van der Waals surface area contributed by atoms with E-state index < -0.39 is 17.6 Å². The topological polar surface area (TPSA) is 93.1 Å². The zero-order valence-corrected chi connectivity index (χ0v) is 14.5. The van der Waals surface area contributed by atoms with Crippen LogP contribution in [0.1, 0.15) is 23.0 Å². The minimum atomic E-state index is -0.652. The molecule has 1 aromatic heterocycles. The SMILES string of the molecule is CCn1nc(C(=O)NNC(=O)Cc2cccc(F)c2)c2ccccc2c1=O. The molecule has 0 fully saturated rings. The van der Waals surface area contributed by atoms with Gasteiger partial charge in [0.05, 0.1) is 11.8 Å². The van der Waals surface area contributed by atoms with Gasteiger partial charge < -0.3 is 0 Å². The van der Waals surface area contributed by atoms with E-state index in [1.165, 1.54) is 22.9 Å². The van der Waals surface area contributed by atoms with Crippen LogP contribution in [0.3, 0.4) is 0 Å². The first kappa shape index (κ1) is 18.2. The van der Waals surface area contributed by atoms with Crippen molar-refractivity contribution in [2.24, 2.45) is 0 Å². The number of nitrogens with zero attached hydrogens (tertiary/aromatic N) is 2. The Bertz CT molecular complexity index is 1080. The number of fused-ring (bicyclic) bond motifs is 1. The highest BCUT2D eigenvalue weighted by Gasteiger charge is 2.16. The van der Waals surface area contributed by atoms with Crippen LogP contribution in [0.2, 0.25) is 0 Å². The summed E-state index contributed by atoms with van der Waals surface area (Å²) in [6, 6.07) is 12.3. The lowest BCUT2D eigenvalue weighted by molar-refractivity contribution is -0.121. The maximum atomic E-state index is 13.2. The first-order valence-corrected chi connectivity index (χ1v) is 8.33.